The molecule has 1 saturated carbocycles. The number of hydrogen-bond donors (Lipinski definition) is 7. The lowest BCUT2D eigenvalue weighted by Gasteiger charge is -2.70. The first-order valence-corrected chi connectivity index (χ1v) is 19.3. The second-order valence-corrected chi connectivity index (χ2v) is 15.2. The molecule has 0 spiro atoms. The molecule has 9 nitrogen and oxygen atoms in total. The van der Waals surface area contributed by atoms with Crippen molar-refractivity contribution in [1.29, 1.82) is 0 Å². The van der Waals surface area contributed by atoms with Gasteiger partial charge in [0.25, 0.3) is 0 Å². The van der Waals surface area contributed by atoms with Crippen molar-refractivity contribution < 1.29 is 0 Å². The smallest absolute Gasteiger partial charge is 0.140 e. The topological polar surface area (TPSA) is 105 Å². The number of unbranched alkanes of at least 4 members (excludes halogenated alkanes) is 6. The number of nitrogens with zero attached hydrogens (tertiary/aromatic N) is 2. The zero-order valence-electron chi connectivity index (χ0n) is 32.3. The molecule has 0 saturated heterocycles. The van der Waals surface area contributed by atoms with Crippen molar-refractivity contribution in [3.05, 3.63) is 30.3 Å². The van der Waals surface area contributed by atoms with Crippen LogP contribution in [0, 0.1) is 0 Å². The van der Waals surface area contributed by atoms with E-state index in [1.54, 1.807) is 0 Å². The molecular weight excluding hydrogens is 582 g/mol. The maximum atomic E-state index is 7.46. The van der Waals surface area contributed by atoms with E-state index in [0.717, 1.165) is 76.8 Å². The molecule has 47 heavy (non-hydrogen) atoms. The normalized spacial score (nSPS) is 25.2. The summed E-state index contributed by atoms with van der Waals surface area (Å²) in [5.74, 6) is 0. The Balaban J connectivity index is 3.03. The molecule has 0 amide bonds. The van der Waals surface area contributed by atoms with Gasteiger partial charge in [-0.05, 0) is 105 Å². The van der Waals surface area contributed by atoms with Crippen molar-refractivity contribution >= 4 is 5.69 Å². The van der Waals surface area contributed by atoms with Crippen LogP contribution < -0.4 is 42.8 Å². The molecule has 274 valence electrons. The number of nitrogens with two attached hydrogens (primary N) is 1. The number of hydrazine groups is 2. The van der Waals surface area contributed by atoms with Gasteiger partial charge in [-0.25, -0.2) is 5.43 Å². The van der Waals surface area contributed by atoms with E-state index in [4.69, 9.17) is 5.73 Å². The minimum Gasteiger partial charge on any atom is -0.325 e. The van der Waals surface area contributed by atoms with Gasteiger partial charge in [0.05, 0.1) is 5.69 Å². The molecule has 0 heterocycles. The summed E-state index contributed by atoms with van der Waals surface area (Å²) < 4.78 is 0. The fraction of sp³-hybridized carbons (Fsp3) is 0.842. The van der Waals surface area contributed by atoms with Gasteiger partial charge in [-0.3, -0.25) is 31.6 Å². The summed E-state index contributed by atoms with van der Waals surface area (Å²) in [6.07, 6.45) is 13.2. The predicted molar refractivity (Wildman–Crippen MR) is 204 cm³/mol. The molecular formula is C38H77N9. The maximum Gasteiger partial charge on any atom is 0.140 e. The lowest BCUT2D eigenvalue weighted by Crippen LogP contribution is -3.00. The molecule has 2 rings (SSSR count). The first-order chi connectivity index (χ1) is 22.4. The van der Waals surface area contributed by atoms with Crippen molar-refractivity contribution in [2.45, 2.75) is 174 Å². The van der Waals surface area contributed by atoms with Crippen LogP contribution in [0.15, 0.2) is 30.3 Å². The van der Waals surface area contributed by atoms with E-state index in [-0.39, 0.29) is 17.6 Å². The number of benzene rings is 1. The number of rotatable bonds is 24. The summed E-state index contributed by atoms with van der Waals surface area (Å²) in [5.41, 5.74) is 10.3. The molecule has 0 aromatic heterocycles. The summed E-state index contributed by atoms with van der Waals surface area (Å²) in [5, 5.41) is 25.9. The first-order valence-electron chi connectivity index (χ1n) is 19.3. The standard InChI is InChI=1S/C38H77N9/c1-11-15-18-23-31-43-47(46(10)33-24-20-19-21-25-33)36(40-30-22-16-12-2)27-26-34(39)37(41-28-14-4,44-32(5)6)38(36,42-29-17-13-3)45-35(7,8)9/h19-21,24-25,32,34,40-45H,11-18,22-23,26-31,39H2,1-10H3. The van der Waals surface area contributed by atoms with Gasteiger partial charge in [-0.2, -0.15) is 0 Å². The molecule has 4 atom stereocenters. The van der Waals surface area contributed by atoms with Crippen molar-refractivity contribution in [2.75, 3.05) is 38.2 Å². The van der Waals surface area contributed by atoms with Crippen LogP contribution in [0.1, 0.15) is 139 Å². The summed E-state index contributed by atoms with van der Waals surface area (Å²) in [6.45, 7) is 24.0. The molecule has 1 fully saturated rings. The molecule has 4 unspecified atom stereocenters. The van der Waals surface area contributed by atoms with Crippen molar-refractivity contribution in [3.63, 3.8) is 0 Å². The van der Waals surface area contributed by atoms with E-state index in [9.17, 15) is 0 Å². The fourth-order valence-corrected chi connectivity index (χ4v) is 7.45. The number of hydrogen-bond acceptors (Lipinski definition) is 9. The highest BCUT2D eigenvalue weighted by Gasteiger charge is 2.71. The Bertz CT molecular complexity index is 954. The van der Waals surface area contributed by atoms with Gasteiger partial charge in [0.15, 0.2) is 0 Å². The second kappa shape index (κ2) is 20.4. The fourth-order valence-electron chi connectivity index (χ4n) is 7.45. The Morgan fingerprint density at radius 1 is 0.787 bits per heavy atom. The Hall–Kier alpha value is -1.30. The lowest BCUT2D eigenvalue weighted by atomic mass is 9.65. The predicted octanol–water partition coefficient (Wildman–Crippen LogP) is 6.19. The number of anilines is 1. The van der Waals surface area contributed by atoms with Crippen LogP contribution in [0.4, 0.5) is 5.69 Å². The van der Waals surface area contributed by atoms with Gasteiger partial charge in [0.1, 0.15) is 17.0 Å². The summed E-state index contributed by atoms with van der Waals surface area (Å²) in [4.78, 5) is 0. The highest BCUT2D eigenvalue weighted by atomic mass is 15.9. The molecule has 1 aromatic carbocycles. The zero-order chi connectivity index (χ0) is 35.0. The molecule has 1 aliphatic carbocycles. The van der Waals surface area contributed by atoms with E-state index in [1.165, 1.54) is 32.1 Å². The van der Waals surface area contributed by atoms with E-state index >= 15 is 0 Å². The molecule has 0 aliphatic heterocycles. The number of nitrogens with one attached hydrogen (secondary N) is 6. The third-order valence-electron chi connectivity index (χ3n) is 9.52. The average Bonchev–Trinajstić information content (AvgIpc) is 3.03. The first kappa shape index (κ1) is 41.9. The molecule has 8 N–H and O–H groups in total. The monoisotopic (exact) mass is 660 g/mol. The molecule has 1 aliphatic rings. The van der Waals surface area contributed by atoms with Crippen LogP contribution in [0.25, 0.3) is 0 Å². The molecule has 0 bridgehead atoms. The van der Waals surface area contributed by atoms with Crippen molar-refractivity contribution in [3.8, 4) is 0 Å². The largest absolute Gasteiger partial charge is 0.325 e. The molecule has 0 radical (unpaired) electrons. The van der Waals surface area contributed by atoms with Gasteiger partial charge in [0.2, 0.25) is 0 Å². The maximum absolute atomic E-state index is 7.46. The molecule has 9 heteroatoms. The van der Waals surface area contributed by atoms with Gasteiger partial charge < -0.3 is 5.73 Å². The Labute approximate surface area is 290 Å². The van der Waals surface area contributed by atoms with E-state index < -0.39 is 17.0 Å². The summed E-state index contributed by atoms with van der Waals surface area (Å²) in [7, 11) is 2.21. The van der Waals surface area contributed by atoms with Crippen LogP contribution in [0.3, 0.4) is 0 Å². The number of para-hydroxylation sites is 1. The van der Waals surface area contributed by atoms with Gasteiger partial charge >= 0.3 is 0 Å². The van der Waals surface area contributed by atoms with Crippen molar-refractivity contribution in [1.82, 2.24) is 37.1 Å². The Morgan fingerprint density at radius 3 is 2.00 bits per heavy atom. The van der Waals surface area contributed by atoms with Crippen LogP contribution in [-0.2, 0) is 0 Å². The van der Waals surface area contributed by atoms with Crippen LogP contribution in [-0.4, -0.2) is 73.0 Å². The lowest BCUT2D eigenvalue weighted by molar-refractivity contribution is -0.172. The highest BCUT2D eigenvalue weighted by Crippen LogP contribution is 2.45. The Morgan fingerprint density at radius 2 is 1.40 bits per heavy atom. The van der Waals surface area contributed by atoms with E-state index in [1.807, 2.05) is 0 Å². The summed E-state index contributed by atoms with van der Waals surface area (Å²) in [6, 6.07) is 10.8. The van der Waals surface area contributed by atoms with Gasteiger partial charge in [0, 0.05) is 31.2 Å². The third-order valence-corrected chi connectivity index (χ3v) is 9.52. The SMILES string of the molecule is CCCCCCNN(N(C)c1ccccc1)C1(NCCCCC)CCC(N)C(NCCC)(NC(C)C)C1(NCCCC)NC(C)(C)C. The molecule has 1 aromatic rings. The average molecular weight is 660 g/mol. The zero-order valence-corrected chi connectivity index (χ0v) is 32.3. The van der Waals surface area contributed by atoms with Crippen LogP contribution >= 0.6 is 0 Å². The van der Waals surface area contributed by atoms with E-state index in [2.05, 4.69) is 142 Å². The Kier molecular flexibility index (Phi) is 18.2. The highest BCUT2D eigenvalue weighted by molar-refractivity contribution is 5.45. The summed E-state index contributed by atoms with van der Waals surface area (Å²) >= 11 is 0. The van der Waals surface area contributed by atoms with E-state index in [0.29, 0.717) is 0 Å². The minimum absolute atomic E-state index is 0.153. The van der Waals surface area contributed by atoms with Crippen LogP contribution in [0.2, 0.25) is 0 Å². The van der Waals surface area contributed by atoms with Crippen LogP contribution in [0.5, 0.6) is 0 Å². The van der Waals surface area contributed by atoms with Gasteiger partial charge in [-0.1, -0.05) is 84.4 Å². The minimum atomic E-state index is -0.768. The second-order valence-electron chi connectivity index (χ2n) is 15.2. The third kappa shape index (κ3) is 10.8. The quantitative estimate of drug-likeness (QED) is 0.0398. The van der Waals surface area contributed by atoms with Gasteiger partial charge in [-0.15, -0.1) is 5.12 Å². The van der Waals surface area contributed by atoms with Crippen molar-refractivity contribution in [2.24, 2.45) is 5.73 Å².